The predicted octanol–water partition coefficient (Wildman–Crippen LogP) is 1.93. The van der Waals surface area contributed by atoms with Crippen LogP contribution >= 0.6 is 0 Å². The molecule has 0 unspecified atom stereocenters. The number of hydrogen-bond donors (Lipinski definition) is 1. The first kappa shape index (κ1) is 11.5. The van der Waals surface area contributed by atoms with Crippen molar-refractivity contribution in [1.29, 1.82) is 0 Å². The Morgan fingerprint density at radius 2 is 2.20 bits per heavy atom. The van der Waals surface area contributed by atoms with E-state index in [2.05, 4.69) is 0 Å². The smallest absolute Gasteiger partial charge is 0.339 e. The van der Waals surface area contributed by atoms with Gasteiger partial charge >= 0.3 is 5.97 Å². The zero-order valence-corrected chi connectivity index (χ0v) is 8.82. The average Bonchev–Trinajstić information content (AvgIpc) is 2.25. The molecule has 0 fully saturated rings. The van der Waals surface area contributed by atoms with Gasteiger partial charge in [-0.05, 0) is 24.6 Å². The van der Waals surface area contributed by atoms with E-state index < -0.39 is 5.97 Å². The quantitative estimate of drug-likeness (QED) is 0.806. The van der Waals surface area contributed by atoms with Crippen molar-refractivity contribution in [1.82, 2.24) is 0 Å². The maximum Gasteiger partial charge on any atom is 0.339 e. The molecule has 0 heterocycles. The van der Waals surface area contributed by atoms with E-state index in [1.807, 2.05) is 6.92 Å². The molecule has 0 aliphatic rings. The molecule has 82 valence electrons. The van der Waals surface area contributed by atoms with Gasteiger partial charge in [0.25, 0.3) is 0 Å². The van der Waals surface area contributed by atoms with Gasteiger partial charge in [-0.15, -0.1) is 0 Å². The number of hydrogen-bond acceptors (Lipinski definition) is 3. The van der Waals surface area contributed by atoms with Crippen LogP contribution in [-0.2, 0) is 11.3 Å². The van der Waals surface area contributed by atoms with Crippen molar-refractivity contribution in [3.63, 3.8) is 0 Å². The number of aromatic carboxylic acids is 1. The van der Waals surface area contributed by atoms with E-state index in [1.54, 1.807) is 12.1 Å². The van der Waals surface area contributed by atoms with Gasteiger partial charge in [-0.2, -0.15) is 0 Å². The Balaban J connectivity index is 2.92. The van der Waals surface area contributed by atoms with E-state index in [9.17, 15) is 4.79 Å². The zero-order valence-electron chi connectivity index (χ0n) is 8.82. The van der Waals surface area contributed by atoms with Gasteiger partial charge in [0, 0.05) is 6.61 Å². The Morgan fingerprint density at radius 3 is 2.73 bits per heavy atom. The van der Waals surface area contributed by atoms with E-state index in [0.717, 1.165) is 5.56 Å². The molecule has 0 spiro atoms. The number of ether oxygens (including phenoxy) is 2. The lowest BCUT2D eigenvalue weighted by Crippen LogP contribution is -2.02. The summed E-state index contributed by atoms with van der Waals surface area (Å²) in [5, 5.41) is 8.85. The minimum atomic E-state index is -0.991. The Morgan fingerprint density at radius 1 is 1.47 bits per heavy atom. The van der Waals surface area contributed by atoms with Gasteiger partial charge < -0.3 is 14.6 Å². The zero-order chi connectivity index (χ0) is 11.3. The summed E-state index contributed by atoms with van der Waals surface area (Å²) in [6, 6.07) is 4.93. The van der Waals surface area contributed by atoms with Gasteiger partial charge in [0.15, 0.2) is 0 Å². The third kappa shape index (κ3) is 2.95. The van der Waals surface area contributed by atoms with Crippen molar-refractivity contribution < 1.29 is 19.4 Å². The van der Waals surface area contributed by atoms with Gasteiger partial charge in [-0.1, -0.05) is 6.07 Å². The summed E-state index contributed by atoms with van der Waals surface area (Å²) in [6.45, 7) is 3.00. The van der Waals surface area contributed by atoms with Gasteiger partial charge in [0.1, 0.15) is 11.3 Å². The first-order chi connectivity index (χ1) is 7.19. The SMILES string of the molecule is CCOCc1ccc(C(=O)O)c(OC)c1. The lowest BCUT2D eigenvalue weighted by atomic mass is 10.1. The molecule has 0 saturated carbocycles. The fraction of sp³-hybridized carbons (Fsp3) is 0.364. The van der Waals surface area contributed by atoms with Gasteiger partial charge in [-0.3, -0.25) is 0 Å². The van der Waals surface area contributed by atoms with Gasteiger partial charge in [0.2, 0.25) is 0 Å². The second-order valence-electron chi connectivity index (χ2n) is 2.98. The molecule has 0 aliphatic heterocycles. The number of carboxylic acids is 1. The summed E-state index contributed by atoms with van der Waals surface area (Å²) in [5.74, 6) is -0.630. The third-order valence-electron chi connectivity index (χ3n) is 1.97. The molecule has 1 aromatic rings. The van der Waals surface area contributed by atoms with Crippen molar-refractivity contribution in [3.8, 4) is 5.75 Å². The van der Waals surface area contributed by atoms with Crippen LogP contribution in [-0.4, -0.2) is 24.8 Å². The van der Waals surface area contributed by atoms with Crippen LogP contribution in [0.15, 0.2) is 18.2 Å². The van der Waals surface area contributed by atoms with Crippen LogP contribution in [0, 0.1) is 0 Å². The van der Waals surface area contributed by atoms with Crippen LogP contribution in [0.3, 0.4) is 0 Å². The van der Waals surface area contributed by atoms with Crippen molar-refractivity contribution >= 4 is 5.97 Å². The Bertz CT molecular complexity index is 346. The molecule has 0 aromatic heterocycles. The second-order valence-corrected chi connectivity index (χ2v) is 2.98. The van der Waals surface area contributed by atoms with E-state index in [4.69, 9.17) is 14.6 Å². The average molecular weight is 210 g/mol. The molecule has 0 saturated heterocycles. The Labute approximate surface area is 88.4 Å². The first-order valence-corrected chi connectivity index (χ1v) is 4.67. The highest BCUT2D eigenvalue weighted by molar-refractivity contribution is 5.90. The van der Waals surface area contributed by atoms with Crippen molar-refractivity contribution in [2.24, 2.45) is 0 Å². The summed E-state index contributed by atoms with van der Waals surface area (Å²) in [7, 11) is 1.45. The number of carbonyl (C=O) groups is 1. The Hall–Kier alpha value is -1.55. The summed E-state index contributed by atoms with van der Waals surface area (Å²) >= 11 is 0. The highest BCUT2D eigenvalue weighted by atomic mass is 16.5. The largest absolute Gasteiger partial charge is 0.496 e. The van der Waals surface area contributed by atoms with Crippen molar-refractivity contribution in [2.75, 3.05) is 13.7 Å². The second kappa shape index (κ2) is 5.36. The van der Waals surface area contributed by atoms with Crippen LogP contribution < -0.4 is 4.74 Å². The van der Waals surface area contributed by atoms with Gasteiger partial charge in [-0.25, -0.2) is 4.79 Å². The Kier molecular flexibility index (Phi) is 4.12. The lowest BCUT2D eigenvalue weighted by molar-refractivity contribution is 0.0693. The number of carboxylic acid groups (broad SMARTS) is 1. The van der Waals surface area contributed by atoms with Crippen LogP contribution in [0.25, 0.3) is 0 Å². The van der Waals surface area contributed by atoms with E-state index in [0.29, 0.717) is 19.0 Å². The number of rotatable bonds is 5. The molecular formula is C11H14O4. The molecule has 1 N–H and O–H groups in total. The molecule has 15 heavy (non-hydrogen) atoms. The molecule has 0 radical (unpaired) electrons. The maximum absolute atomic E-state index is 10.8. The minimum Gasteiger partial charge on any atom is -0.496 e. The molecule has 0 aliphatic carbocycles. The van der Waals surface area contributed by atoms with Crippen molar-refractivity contribution in [3.05, 3.63) is 29.3 Å². The van der Waals surface area contributed by atoms with Crippen LogP contribution in [0.1, 0.15) is 22.8 Å². The minimum absolute atomic E-state index is 0.165. The van der Waals surface area contributed by atoms with E-state index in [-0.39, 0.29) is 5.56 Å². The molecular weight excluding hydrogens is 196 g/mol. The summed E-state index contributed by atoms with van der Waals surface area (Å²) in [4.78, 5) is 10.8. The monoisotopic (exact) mass is 210 g/mol. The lowest BCUT2D eigenvalue weighted by Gasteiger charge is -2.07. The molecule has 1 rings (SSSR count). The fourth-order valence-electron chi connectivity index (χ4n) is 1.22. The van der Waals surface area contributed by atoms with Crippen LogP contribution in [0.2, 0.25) is 0 Å². The normalized spacial score (nSPS) is 10.0. The summed E-state index contributed by atoms with van der Waals surface area (Å²) < 4.78 is 10.2. The van der Waals surface area contributed by atoms with E-state index >= 15 is 0 Å². The van der Waals surface area contributed by atoms with Crippen molar-refractivity contribution in [2.45, 2.75) is 13.5 Å². The van der Waals surface area contributed by atoms with E-state index in [1.165, 1.54) is 13.2 Å². The predicted molar refractivity (Wildman–Crippen MR) is 55.3 cm³/mol. The van der Waals surface area contributed by atoms with Gasteiger partial charge in [0.05, 0.1) is 13.7 Å². The molecule has 4 nitrogen and oxygen atoms in total. The molecule has 1 aromatic carbocycles. The maximum atomic E-state index is 10.8. The fourth-order valence-corrected chi connectivity index (χ4v) is 1.22. The highest BCUT2D eigenvalue weighted by Gasteiger charge is 2.10. The molecule has 0 bridgehead atoms. The summed E-state index contributed by atoms with van der Waals surface area (Å²) in [5.41, 5.74) is 1.07. The standard InChI is InChI=1S/C11H14O4/c1-3-15-7-8-4-5-9(11(12)13)10(6-8)14-2/h4-6H,3,7H2,1-2H3,(H,12,13). The summed E-state index contributed by atoms with van der Waals surface area (Å²) in [6.07, 6.45) is 0. The molecule has 0 amide bonds. The highest BCUT2D eigenvalue weighted by Crippen LogP contribution is 2.20. The topological polar surface area (TPSA) is 55.8 Å². The first-order valence-electron chi connectivity index (χ1n) is 4.67. The number of methoxy groups -OCH3 is 1. The molecule has 4 heteroatoms. The van der Waals surface area contributed by atoms with Crippen LogP contribution in [0.4, 0.5) is 0 Å². The molecule has 0 atom stereocenters. The van der Waals surface area contributed by atoms with Crippen LogP contribution in [0.5, 0.6) is 5.75 Å². The third-order valence-corrected chi connectivity index (χ3v) is 1.97. The number of benzene rings is 1.